The third-order valence-corrected chi connectivity index (χ3v) is 13.0. The van der Waals surface area contributed by atoms with Crippen molar-refractivity contribution in [2.75, 3.05) is 39.8 Å². The summed E-state index contributed by atoms with van der Waals surface area (Å²) in [4.78, 5) is 33.7. The van der Waals surface area contributed by atoms with Gasteiger partial charge in [-0.25, -0.2) is 9.97 Å². The predicted molar refractivity (Wildman–Crippen MR) is 221 cm³/mol. The highest BCUT2D eigenvalue weighted by atomic mass is 16.1. The molecule has 3 fully saturated rings. The van der Waals surface area contributed by atoms with E-state index in [-0.39, 0.29) is 16.9 Å². The number of Topliss-reactive ketones (excluding diaryl/α,β-unsaturated/α-hetero) is 1. The SMILES string of the molecule is Cc1ccc(C23/C=C\CCCC(C(=O)c4ccc(CN5CCN(C)CC5)cc4)(C2)N3)cc1CCCC1(c2nccc(-c3cccnc3)n2)CCCCCCN1. The molecular formula is C47H59N7O. The Hall–Kier alpha value is -4.08. The predicted octanol–water partition coefficient (Wildman–Crippen LogP) is 7.92. The molecule has 2 aromatic carbocycles. The molecule has 6 heterocycles. The molecule has 8 heteroatoms. The van der Waals surface area contributed by atoms with E-state index in [1.54, 1.807) is 6.20 Å². The second kappa shape index (κ2) is 16.6. The molecule has 55 heavy (non-hydrogen) atoms. The fourth-order valence-electron chi connectivity index (χ4n) is 9.67. The van der Waals surface area contributed by atoms with Crippen LogP contribution in [0.25, 0.3) is 11.3 Å². The van der Waals surface area contributed by atoms with Gasteiger partial charge >= 0.3 is 0 Å². The van der Waals surface area contributed by atoms with Crippen LogP contribution in [0.2, 0.25) is 0 Å². The number of aromatic nitrogens is 3. The first-order valence-electron chi connectivity index (χ1n) is 21.0. The minimum atomic E-state index is -0.532. The average molecular weight is 738 g/mol. The number of likely N-dealkylation sites (N-methyl/N-ethyl adjacent to an activating group) is 1. The van der Waals surface area contributed by atoms with Crippen LogP contribution in [0.5, 0.6) is 0 Å². The molecule has 0 radical (unpaired) electrons. The van der Waals surface area contributed by atoms with Crippen molar-refractivity contribution in [2.24, 2.45) is 0 Å². The van der Waals surface area contributed by atoms with Gasteiger partial charge in [0.1, 0.15) is 5.82 Å². The lowest BCUT2D eigenvalue weighted by molar-refractivity contribution is 0.0429. The Labute approximate surface area is 328 Å². The Morgan fingerprint density at radius 2 is 1.75 bits per heavy atom. The first-order valence-corrected chi connectivity index (χ1v) is 21.0. The van der Waals surface area contributed by atoms with E-state index in [2.05, 4.69) is 100 Å². The van der Waals surface area contributed by atoms with E-state index in [4.69, 9.17) is 9.97 Å². The zero-order valence-electron chi connectivity index (χ0n) is 33.0. The van der Waals surface area contributed by atoms with Crippen molar-refractivity contribution < 1.29 is 4.79 Å². The number of pyridine rings is 1. The Morgan fingerprint density at radius 1 is 0.909 bits per heavy atom. The van der Waals surface area contributed by atoms with Gasteiger partial charge in [0.05, 0.1) is 22.3 Å². The summed E-state index contributed by atoms with van der Waals surface area (Å²) in [6.07, 6.45) is 22.8. The maximum Gasteiger partial charge on any atom is 0.182 e. The summed E-state index contributed by atoms with van der Waals surface area (Å²) in [5, 5.41) is 7.92. The summed E-state index contributed by atoms with van der Waals surface area (Å²) in [6.45, 7) is 8.58. The van der Waals surface area contributed by atoms with E-state index in [0.29, 0.717) is 0 Å². The minimum absolute atomic E-state index is 0.240. The molecule has 4 aliphatic heterocycles. The molecule has 3 atom stereocenters. The number of allylic oxidation sites excluding steroid dienone is 1. The molecule has 0 amide bonds. The zero-order chi connectivity index (χ0) is 37.7. The Kier molecular flexibility index (Phi) is 11.4. The van der Waals surface area contributed by atoms with Crippen LogP contribution in [0, 0.1) is 6.92 Å². The molecule has 5 aliphatic rings. The standard InChI is InChI=1S/C47H59N7O/c1-36-14-19-41(32-39(36)12-10-24-45(21-6-3-4-9-26-50-45)44-49-27-20-42(51-44)40-13-11-25-48-33-40)46-22-7-5-8-23-47(35-46,52-46)43(55)38-17-15-37(16-18-38)34-54-30-28-53(2)29-31-54/h7,11,13-20,22,25,27,32-33,50,52H,3-6,8-10,12,21,23-24,26,28-31,34-35H2,1-2H3/b22-7-. The fourth-order valence-corrected chi connectivity index (χ4v) is 9.67. The van der Waals surface area contributed by atoms with Gasteiger partial charge in [0.25, 0.3) is 0 Å². The highest BCUT2D eigenvalue weighted by molar-refractivity contribution is 6.04. The van der Waals surface area contributed by atoms with Crippen molar-refractivity contribution in [2.45, 2.75) is 107 Å². The number of nitrogens with one attached hydrogen (secondary N) is 2. The van der Waals surface area contributed by atoms with Crippen molar-refractivity contribution in [1.82, 2.24) is 35.4 Å². The smallest absolute Gasteiger partial charge is 0.182 e. The topological polar surface area (TPSA) is 86.3 Å². The second-order valence-corrected chi connectivity index (χ2v) is 16.9. The molecule has 3 saturated heterocycles. The average Bonchev–Trinajstić information content (AvgIpc) is 3.17. The van der Waals surface area contributed by atoms with Gasteiger partial charge in [0.15, 0.2) is 5.78 Å². The van der Waals surface area contributed by atoms with Gasteiger partial charge in [-0.3, -0.25) is 20.0 Å². The van der Waals surface area contributed by atoms with Crippen LogP contribution in [-0.4, -0.2) is 75.8 Å². The van der Waals surface area contributed by atoms with Crippen molar-refractivity contribution in [1.29, 1.82) is 0 Å². The lowest BCUT2D eigenvalue weighted by Crippen LogP contribution is -2.73. The molecule has 0 saturated carbocycles. The lowest BCUT2D eigenvalue weighted by atomic mass is 9.62. The van der Waals surface area contributed by atoms with Gasteiger partial charge in [-0.05, 0) is 119 Å². The number of nitrogens with zero attached hydrogens (tertiary/aromatic N) is 5. The van der Waals surface area contributed by atoms with Crippen LogP contribution >= 0.6 is 0 Å². The van der Waals surface area contributed by atoms with Gasteiger partial charge in [0.2, 0.25) is 0 Å². The van der Waals surface area contributed by atoms with E-state index < -0.39 is 5.54 Å². The molecule has 2 bridgehead atoms. The first-order chi connectivity index (χ1) is 26.9. The van der Waals surface area contributed by atoms with Gasteiger partial charge in [-0.15, -0.1) is 0 Å². The number of benzene rings is 2. The second-order valence-electron chi connectivity index (χ2n) is 16.9. The van der Waals surface area contributed by atoms with Gasteiger partial charge < -0.3 is 10.2 Å². The lowest BCUT2D eigenvalue weighted by Gasteiger charge is -2.57. The number of carbonyl (C=O) groups is 1. The van der Waals surface area contributed by atoms with Crippen LogP contribution in [-0.2, 0) is 24.0 Å². The molecule has 2 N–H and O–H groups in total. The summed E-state index contributed by atoms with van der Waals surface area (Å²) in [5.74, 6) is 1.15. The molecule has 8 nitrogen and oxygen atoms in total. The molecule has 3 unspecified atom stereocenters. The summed E-state index contributed by atoms with van der Waals surface area (Å²) in [7, 11) is 2.19. The van der Waals surface area contributed by atoms with Crippen molar-refractivity contribution >= 4 is 5.78 Å². The van der Waals surface area contributed by atoms with Crippen LogP contribution in [0.15, 0.2) is 91.4 Å². The van der Waals surface area contributed by atoms with Crippen molar-refractivity contribution in [3.8, 4) is 11.3 Å². The number of piperazine rings is 1. The Bertz CT molecular complexity index is 1940. The number of fused-ring (bicyclic) bond motifs is 3. The van der Waals surface area contributed by atoms with E-state index in [1.165, 1.54) is 47.9 Å². The van der Waals surface area contributed by atoms with Gasteiger partial charge in [0, 0.05) is 62.4 Å². The van der Waals surface area contributed by atoms with E-state index in [0.717, 1.165) is 113 Å². The third kappa shape index (κ3) is 8.24. The van der Waals surface area contributed by atoms with Crippen LogP contribution in [0.4, 0.5) is 0 Å². The number of rotatable bonds is 11. The first kappa shape index (κ1) is 37.8. The summed E-state index contributed by atoms with van der Waals surface area (Å²) in [6, 6.07) is 21.5. The molecule has 2 aromatic heterocycles. The largest absolute Gasteiger partial charge is 0.305 e. The molecule has 0 spiro atoms. The van der Waals surface area contributed by atoms with Crippen molar-refractivity contribution in [3.05, 3.63) is 125 Å². The minimum Gasteiger partial charge on any atom is -0.305 e. The molecular weight excluding hydrogens is 679 g/mol. The molecule has 288 valence electrons. The highest BCUT2D eigenvalue weighted by Crippen LogP contribution is 2.49. The number of aryl methyl sites for hydroxylation is 2. The molecule has 4 aromatic rings. The Morgan fingerprint density at radius 3 is 2.56 bits per heavy atom. The Balaban J connectivity index is 0.976. The monoisotopic (exact) mass is 737 g/mol. The summed E-state index contributed by atoms with van der Waals surface area (Å²) < 4.78 is 0. The van der Waals surface area contributed by atoms with Crippen LogP contribution < -0.4 is 10.6 Å². The van der Waals surface area contributed by atoms with E-state index in [1.807, 2.05) is 24.5 Å². The van der Waals surface area contributed by atoms with Gasteiger partial charge in [-0.2, -0.15) is 0 Å². The number of carbonyl (C=O) groups excluding carboxylic acids is 1. The van der Waals surface area contributed by atoms with Crippen molar-refractivity contribution in [3.63, 3.8) is 0 Å². The molecule has 9 rings (SSSR count). The normalized spacial score (nSPS) is 26.9. The summed E-state index contributed by atoms with van der Waals surface area (Å²) in [5.41, 5.74) is 6.90. The van der Waals surface area contributed by atoms with Crippen LogP contribution in [0.1, 0.15) is 109 Å². The number of hydrogen-bond donors (Lipinski definition) is 2. The zero-order valence-corrected chi connectivity index (χ0v) is 33.0. The summed E-state index contributed by atoms with van der Waals surface area (Å²) >= 11 is 0. The maximum atomic E-state index is 14.3. The number of ketones is 1. The van der Waals surface area contributed by atoms with Gasteiger partial charge in [-0.1, -0.05) is 73.9 Å². The quantitative estimate of drug-likeness (QED) is 0.119. The highest BCUT2D eigenvalue weighted by Gasteiger charge is 2.57. The molecule has 1 aliphatic carbocycles. The van der Waals surface area contributed by atoms with Crippen LogP contribution in [0.3, 0.4) is 0 Å². The fraction of sp³-hybridized carbons (Fsp3) is 0.489. The van der Waals surface area contributed by atoms with E-state index in [9.17, 15) is 4.79 Å². The number of hydrogen-bond acceptors (Lipinski definition) is 8. The maximum absolute atomic E-state index is 14.3. The third-order valence-electron chi connectivity index (χ3n) is 13.0. The van der Waals surface area contributed by atoms with E-state index >= 15 is 0 Å².